The number of hydrogen-bond acceptors (Lipinski definition) is 5. The molecule has 2 unspecified atom stereocenters. The van der Waals surface area contributed by atoms with Crippen LogP contribution in [-0.4, -0.2) is 46.8 Å². The Morgan fingerprint density at radius 2 is 2.04 bits per heavy atom. The lowest BCUT2D eigenvalue weighted by molar-refractivity contribution is -0.136. The molecule has 0 saturated carbocycles. The largest absolute Gasteiger partial charge is 0.322 e. The van der Waals surface area contributed by atoms with E-state index in [9.17, 15) is 14.4 Å². The van der Waals surface area contributed by atoms with Gasteiger partial charge in [0.1, 0.15) is 6.04 Å². The number of fused-ring (bicyclic) bond motifs is 1. The van der Waals surface area contributed by atoms with Gasteiger partial charge >= 0.3 is 0 Å². The molecule has 0 aromatic heterocycles. The minimum absolute atomic E-state index is 0.104. The highest BCUT2D eigenvalue weighted by atomic mass is 16.2. The molecule has 0 spiro atoms. The Kier molecular flexibility index (Phi) is 4.97. The summed E-state index contributed by atoms with van der Waals surface area (Å²) in [5.74, 6) is -0.734. The van der Waals surface area contributed by atoms with Gasteiger partial charge in [0.2, 0.25) is 11.8 Å². The minimum atomic E-state index is -0.566. The second kappa shape index (κ2) is 7.29. The van der Waals surface area contributed by atoms with Crippen LogP contribution < -0.4 is 16.0 Å². The van der Waals surface area contributed by atoms with Crippen molar-refractivity contribution in [2.75, 3.05) is 6.54 Å². The van der Waals surface area contributed by atoms with E-state index in [-0.39, 0.29) is 29.7 Å². The van der Waals surface area contributed by atoms with Gasteiger partial charge in [0.15, 0.2) is 0 Å². The maximum atomic E-state index is 13.1. The van der Waals surface area contributed by atoms with Crippen molar-refractivity contribution < 1.29 is 14.4 Å². The molecule has 3 aliphatic heterocycles. The number of nitrogens with zero attached hydrogens (tertiary/aromatic N) is 1. The summed E-state index contributed by atoms with van der Waals surface area (Å²) in [5.41, 5.74) is 2.77. The van der Waals surface area contributed by atoms with E-state index in [1.54, 1.807) is 4.90 Å². The number of piperidine rings is 2. The molecule has 2 saturated heterocycles. The third kappa shape index (κ3) is 3.69. The van der Waals surface area contributed by atoms with E-state index in [0.29, 0.717) is 31.1 Å². The first-order valence-electron chi connectivity index (χ1n) is 10.1. The van der Waals surface area contributed by atoms with E-state index in [1.807, 2.05) is 18.2 Å². The van der Waals surface area contributed by atoms with E-state index in [2.05, 4.69) is 29.8 Å². The zero-order valence-electron chi connectivity index (χ0n) is 16.5. The molecule has 0 bridgehead atoms. The number of carbonyl (C=O) groups is 3. The van der Waals surface area contributed by atoms with Crippen LogP contribution in [0.5, 0.6) is 0 Å². The molecular weight excluding hydrogens is 356 g/mol. The maximum absolute atomic E-state index is 13.1. The van der Waals surface area contributed by atoms with E-state index in [1.165, 1.54) is 0 Å². The quantitative estimate of drug-likeness (QED) is 0.676. The average Bonchev–Trinajstić information content (AvgIpc) is 2.96. The van der Waals surface area contributed by atoms with Gasteiger partial charge < -0.3 is 15.5 Å². The van der Waals surface area contributed by atoms with Crippen molar-refractivity contribution in [2.45, 2.75) is 70.2 Å². The first-order valence-corrected chi connectivity index (χ1v) is 10.1. The summed E-state index contributed by atoms with van der Waals surface area (Å²) in [6.45, 7) is 6.47. The number of amides is 3. The molecule has 0 aliphatic carbocycles. The summed E-state index contributed by atoms with van der Waals surface area (Å²) in [7, 11) is 0. The van der Waals surface area contributed by atoms with Gasteiger partial charge in [-0.2, -0.15) is 0 Å². The van der Waals surface area contributed by atoms with E-state index in [0.717, 1.165) is 30.5 Å². The number of carbonyl (C=O) groups excluding carboxylic acids is 3. The standard InChI is InChI=1S/C21H28N4O3/c1-21(2)10-15(8-9-23-21)22-11-13-4-3-5-14-12-25(20(28)18(13)14)16-6-7-17(26)24-19(16)27/h3-5,15-16,22-23H,6-12H2,1-2H3,(H,24,26,27). The van der Waals surface area contributed by atoms with Crippen molar-refractivity contribution in [2.24, 2.45) is 0 Å². The summed E-state index contributed by atoms with van der Waals surface area (Å²) in [4.78, 5) is 38.4. The Hall–Kier alpha value is -2.25. The molecule has 0 radical (unpaired) electrons. The zero-order chi connectivity index (χ0) is 19.9. The molecule has 3 heterocycles. The SMILES string of the molecule is CC1(C)CC(NCc2cccc3c2C(=O)N(C2CCC(=O)NC2=O)C3)CCN1. The van der Waals surface area contributed by atoms with Crippen LogP contribution in [0.2, 0.25) is 0 Å². The molecule has 7 heteroatoms. The summed E-state index contributed by atoms with van der Waals surface area (Å²) < 4.78 is 0. The lowest BCUT2D eigenvalue weighted by Gasteiger charge is -2.37. The topological polar surface area (TPSA) is 90.5 Å². The van der Waals surface area contributed by atoms with Gasteiger partial charge in [0.25, 0.3) is 5.91 Å². The number of imide groups is 1. The first kappa shape index (κ1) is 19.1. The van der Waals surface area contributed by atoms with Crippen molar-refractivity contribution in [1.29, 1.82) is 0 Å². The minimum Gasteiger partial charge on any atom is -0.322 e. The lowest BCUT2D eigenvalue weighted by Crippen LogP contribution is -2.52. The highest BCUT2D eigenvalue weighted by molar-refractivity contribution is 6.05. The van der Waals surface area contributed by atoms with Crippen molar-refractivity contribution >= 4 is 17.7 Å². The Labute approximate surface area is 165 Å². The monoisotopic (exact) mass is 384 g/mol. The predicted molar refractivity (Wildman–Crippen MR) is 104 cm³/mol. The molecule has 3 amide bonds. The normalized spacial score (nSPS) is 26.9. The zero-order valence-corrected chi connectivity index (χ0v) is 16.5. The number of benzene rings is 1. The number of rotatable bonds is 4. The molecule has 4 rings (SSSR count). The van der Waals surface area contributed by atoms with Gasteiger partial charge in [-0.3, -0.25) is 19.7 Å². The van der Waals surface area contributed by atoms with Gasteiger partial charge in [0.05, 0.1) is 0 Å². The van der Waals surface area contributed by atoms with Crippen molar-refractivity contribution in [3.8, 4) is 0 Å². The van der Waals surface area contributed by atoms with Gasteiger partial charge in [-0.1, -0.05) is 18.2 Å². The molecule has 2 atom stereocenters. The number of nitrogens with one attached hydrogen (secondary N) is 3. The summed E-state index contributed by atoms with van der Waals surface area (Å²) in [5, 5.41) is 9.49. The molecule has 150 valence electrons. The molecular formula is C21H28N4O3. The molecule has 1 aromatic carbocycles. The van der Waals surface area contributed by atoms with Crippen LogP contribution in [0, 0.1) is 0 Å². The third-order valence-corrected chi connectivity index (χ3v) is 6.07. The second-order valence-corrected chi connectivity index (χ2v) is 8.73. The predicted octanol–water partition coefficient (Wildman–Crippen LogP) is 1.07. The van der Waals surface area contributed by atoms with Crippen LogP contribution in [0.25, 0.3) is 0 Å². The first-order chi connectivity index (χ1) is 13.3. The molecule has 2 fully saturated rings. The van der Waals surface area contributed by atoms with Gasteiger partial charge in [-0.25, -0.2) is 0 Å². The van der Waals surface area contributed by atoms with Crippen LogP contribution in [0.3, 0.4) is 0 Å². The van der Waals surface area contributed by atoms with E-state index >= 15 is 0 Å². The molecule has 3 aliphatic rings. The van der Waals surface area contributed by atoms with Crippen LogP contribution >= 0.6 is 0 Å². The van der Waals surface area contributed by atoms with Gasteiger partial charge in [-0.15, -0.1) is 0 Å². The van der Waals surface area contributed by atoms with Gasteiger partial charge in [0, 0.05) is 36.7 Å². The summed E-state index contributed by atoms with van der Waals surface area (Å²) >= 11 is 0. The Balaban J connectivity index is 1.47. The average molecular weight is 384 g/mol. The molecule has 7 nitrogen and oxygen atoms in total. The van der Waals surface area contributed by atoms with Crippen LogP contribution in [0.1, 0.15) is 61.0 Å². The van der Waals surface area contributed by atoms with Crippen molar-refractivity contribution in [3.05, 3.63) is 34.9 Å². The van der Waals surface area contributed by atoms with Crippen LogP contribution in [0.4, 0.5) is 0 Å². The van der Waals surface area contributed by atoms with E-state index < -0.39 is 6.04 Å². The van der Waals surface area contributed by atoms with Crippen LogP contribution in [-0.2, 0) is 22.7 Å². The lowest BCUT2D eigenvalue weighted by atomic mass is 9.89. The molecule has 1 aromatic rings. The Morgan fingerprint density at radius 1 is 1.21 bits per heavy atom. The van der Waals surface area contributed by atoms with Crippen molar-refractivity contribution in [1.82, 2.24) is 20.9 Å². The van der Waals surface area contributed by atoms with Gasteiger partial charge in [-0.05, 0) is 50.8 Å². The highest BCUT2D eigenvalue weighted by Gasteiger charge is 2.40. The Bertz CT molecular complexity index is 820. The maximum Gasteiger partial charge on any atom is 0.255 e. The van der Waals surface area contributed by atoms with E-state index in [4.69, 9.17) is 0 Å². The summed E-state index contributed by atoms with van der Waals surface area (Å²) in [6, 6.07) is 5.77. The summed E-state index contributed by atoms with van der Waals surface area (Å²) in [6.07, 6.45) is 2.77. The fraction of sp³-hybridized carbons (Fsp3) is 0.571. The molecule has 3 N–H and O–H groups in total. The number of hydrogen-bond donors (Lipinski definition) is 3. The third-order valence-electron chi connectivity index (χ3n) is 6.07. The second-order valence-electron chi connectivity index (χ2n) is 8.73. The fourth-order valence-corrected chi connectivity index (χ4v) is 4.64. The fourth-order valence-electron chi connectivity index (χ4n) is 4.64. The highest BCUT2D eigenvalue weighted by Crippen LogP contribution is 2.30. The van der Waals surface area contributed by atoms with Crippen LogP contribution in [0.15, 0.2) is 18.2 Å². The molecule has 28 heavy (non-hydrogen) atoms. The smallest absolute Gasteiger partial charge is 0.255 e. The Morgan fingerprint density at radius 3 is 2.79 bits per heavy atom. The van der Waals surface area contributed by atoms with Crippen molar-refractivity contribution in [3.63, 3.8) is 0 Å².